The quantitative estimate of drug-likeness (QED) is 0.117. The topological polar surface area (TPSA) is 22.1 Å². The van der Waals surface area contributed by atoms with Gasteiger partial charge in [0.15, 0.2) is 11.6 Å². The molecule has 0 bridgehead atoms. The highest BCUT2D eigenvalue weighted by molar-refractivity contribution is 5.63. The van der Waals surface area contributed by atoms with Crippen molar-refractivity contribution in [2.75, 3.05) is 13.2 Å². The van der Waals surface area contributed by atoms with E-state index in [2.05, 4.69) is 18.8 Å². The van der Waals surface area contributed by atoms with E-state index in [0.717, 1.165) is 58.0 Å². The molecule has 0 N–H and O–H groups in total. The Kier molecular flexibility index (Phi) is 12.2. The first kappa shape index (κ1) is 31.5. The molecule has 2 unspecified atom stereocenters. The predicted molar refractivity (Wildman–Crippen MR) is 146 cm³/mol. The number of fused-ring (bicyclic) bond motifs is 1. The van der Waals surface area contributed by atoms with Gasteiger partial charge >= 0.3 is 0 Å². The Morgan fingerprint density at radius 1 is 0.949 bits per heavy atom. The maximum Gasteiger partial charge on any atom is 0.279 e. The van der Waals surface area contributed by atoms with Gasteiger partial charge in [0.25, 0.3) is 5.92 Å². The average molecular weight is 554 g/mol. The van der Waals surface area contributed by atoms with Gasteiger partial charge < -0.3 is 4.74 Å². The lowest BCUT2D eigenvalue weighted by Gasteiger charge is -2.34. The second kappa shape index (κ2) is 15.1. The monoisotopic (exact) mass is 553 g/mol. The molecular formula is C32H44F5NO. The lowest BCUT2D eigenvalue weighted by molar-refractivity contribution is -0.0823. The fourth-order valence-electron chi connectivity index (χ4n) is 5.59. The van der Waals surface area contributed by atoms with Gasteiger partial charge in [-0.3, -0.25) is 0 Å². The number of unbranched alkanes of at least 4 members (excludes halogenated alkanes) is 5. The molecule has 2 aromatic rings. The second-order valence-electron chi connectivity index (χ2n) is 11.2. The lowest BCUT2D eigenvalue weighted by atomic mass is 9.77. The van der Waals surface area contributed by atoms with E-state index in [-0.39, 0.29) is 42.0 Å². The van der Waals surface area contributed by atoms with E-state index in [1.165, 1.54) is 18.2 Å². The molecule has 0 spiro atoms. The van der Waals surface area contributed by atoms with Crippen molar-refractivity contribution in [3.63, 3.8) is 0 Å². The molecule has 0 radical (unpaired) electrons. The first-order valence-corrected chi connectivity index (χ1v) is 14.8. The van der Waals surface area contributed by atoms with E-state index in [1.807, 2.05) is 6.92 Å². The molecule has 1 aliphatic carbocycles. The fourth-order valence-corrected chi connectivity index (χ4v) is 5.59. The first-order chi connectivity index (χ1) is 18.7. The van der Waals surface area contributed by atoms with Crippen LogP contribution in [0.3, 0.4) is 0 Å². The van der Waals surface area contributed by atoms with Crippen molar-refractivity contribution < 1.29 is 26.7 Å². The van der Waals surface area contributed by atoms with Crippen LogP contribution in [0.4, 0.5) is 22.0 Å². The van der Waals surface area contributed by atoms with Gasteiger partial charge in [-0.2, -0.15) is 4.39 Å². The van der Waals surface area contributed by atoms with Crippen molar-refractivity contribution >= 4 is 0 Å². The van der Waals surface area contributed by atoms with Crippen LogP contribution in [0.5, 0.6) is 0 Å². The molecule has 0 saturated carbocycles. The Morgan fingerprint density at radius 3 is 2.36 bits per heavy atom. The third kappa shape index (κ3) is 8.25. The third-order valence-corrected chi connectivity index (χ3v) is 7.95. The number of aryl methyl sites for hydroxylation is 1. The van der Waals surface area contributed by atoms with Crippen LogP contribution in [0, 0.1) is 29.4 Å². The molecule has 0 fully saturated rings. The smallest absolute Gasteiger partial charge is 0.279 e. The number of ether oxygens (including phenoxy) is 1. The highest BCUT2D eigenvalue weighted by Crippen LogP contribution is 2.49. The van der Waals surface area contributed by atoms with Crippen molar-refractivity contribution in [3.05, 3.63) is 52.5 Å². The zero-order chi connectivity index (χ0) is 28.4. The second-order valence-corrected chi connectivity index (χ2v) is 11.2. The van der Waals surface area contributed by atoms with Crippen LogP contribution in [0.25, 0.3) is 11.3 Å². The summed E-state index contributed by atoms with van der Waals surface area (Å²) in [5, 5.41) is 0. The number of pyridine rings is 1. The molecule has 218 valence electrons. The van der Waals surface area contributed by atoms with Gasteiger partial charge in [-0.25, -0.2) is 22.5 Å². The van der Waals surface area contributed by atoms with Gasteiger partial charge in [-0.05, 0) is 62.1 Å². The molecule has 0 saturated heterocycles. The van der Waals surface area contributed by atoms with Crippen LogP contribution in [-0.2, 0) is 23.5 Å². The summed E-state index contributed by atoms with van der Waals surface area (Å²) in [6, 6.07) is 4.23. The van der Waals surface area contributed by atoms with Crippen LogP contribution < -0.4 is 0 Å². The number of nitrogens with zero attached hydrogens (tertiary/aromatic N) is 1. The maximum atomic E-state index is 15.4. The van der Waals surface area contributed by atoms with Gasteiger partial charge in [-0.1, -0.05) is 71.8 Å². The van der Waals surface area contributed by atoms with Crippen molar-refractivity contribution in [3.8, 4) is 11.3 Å². The third-order valence-electron chi connectivity index (χ3n) is 7.95. The summed E-state index contributed by atoms with van der Waals surface area (Å²) in [7, 11) is 0. The molecule has 2 nitrogen and oxygen atoms in total. The minimum Gasteiger partial charge on any atom is -0.381 e. The van der Waals surface area contributed by atoms with Gasteiger partial charge in [0, 0.05) is 30.3 Å². The van der Waals surface area contributed by atoms with Gasteiger partial charge in [0.05, 0.1) is 11.3 Å². The Bertz CT molecular complexity index is 1060. The Hall–Kier alpha value is -2.02. The number of rotatable bonds is 16. The molecule has 1 aromatic heterocycles. The number of hydrogen-bond donors (Lipinski definition) is 0. The molecule has 1 heterocycles. The molecule has 7 heteroatoms. The van der Waals surface area contributed by atoms with Gasteiger partial charge in [-0.15, -0.1) is 0 Å². The molecule has 2 atom stereocenters. The Morgan fingerprint density at radius 2 is 1.67 bits per heavy atom. The number of hydrogen-bond acceptors (Lipinski definition) is 2. The molecule has 1 aromatic carbocycles. The van der Waals surface area contributed by atoms with E-state index in [4.69, 9.17) is 4.74 Å². The van der Waals surface area contributed by atoms with Crippen LogP contribution >= 0.6 is 0 Å². The van der Waals surface area contributed by atoms with E-state index in [1.54, 1.807) is 0 Å². The van der Waals surface area contributed by atoms with Crippen LogP contribution in [0.1, 0.15) is 108 Å². The van der Waals surface area contributed by atoms with E-state index in [9.17, 15) is 4.39 Å². The Balaban J connectivity index is 1.67. The summed E-state index contributed by atoms with van der Waals surface area (Å²) in [4.78, 5) is 3.89. The minimum absolute atomic E-state index is 0.0742. The average Bonchev–Trinajstić information content (AvgIpc) is 2.90. The van der Waals surface area contributed by atoms with E-state index in [0.29, 0.717) is 25.0 Å². The SMILES string of the molecule is CCCCCOCCCCCC1CCc2cc(-c3ccc(CC(C)CCCC)c(F)n3)c(F)c(F)c2C1(F)F. The predicted octanol–water partition coefficient (Wildman–Crippen LogP) is 9.96. The standard InChI is InChI=1S/C32H44F5NO/c1-4-6-10-18-39-19-11-8-9-13-25-16-14-23-21-26(29(33)30(34)28(23)32(25,36)37)27-17-15-24(31(35)38-27)20-22(3)12-7-5-2/h15,17,21-22,25H,4-14,16,18-20H2,1-3H3. The number of alkyl halides is 2. The summed E-state index contributed by atoms with van der Waals surface area (Å²) < 4.78 is 81.5. The summed E-state index contributed by atoms with van der Waals surface area (Å²) in [6.07, 6.45) is 9.66. The molecule has 0 amide bonds. The van der Waals surface area contributed by atoms with Crippen LogP contribution in [0.15, 0.2) is 18.2 Å². The zero-order valence-electron chi connectivity index (χ0n) is 23.7. The molecule has 0 aliphatic heterocycles. The van der Waals surface area contributed by atoms with Crippen LogP contribution in [0.2, 0.25) is 0 Å². The first-order valence-electron chi connectivity index (χ1n) is 14.8. The molecule has 1 aliphatic rings. The minimum atomic E-state index is -3.47. The largest absolute Gasteiger partial charge is 0.381 e. The highest BCUT2D eigenvalue weighted by Gasteiger charge is 2.48. The number of benzene rings is 1. The number of halogens is 5. The lowest BCUT2D eigenvalue weighted by Crippen LogP contribution is -2.33. The van der Waals surface area contributed by atoms with Gasteiger partial charge in [0.1, 0.15) is 0 Å². The van der Waals surface area contributed by atoms with Crippen LogP contribution in [-0.4, -0.2) is 18.2 Å². The number of aromatic nitrogens is 1. The van der Waals surface area contributed by atoms with Crippen molar-refractivity contribution in [2.24, 2.45) is 11.8 Å². The van der Waals surface area contributed by atoms with Gasteiger partial charge in [0.2, 0.25) is 5.95 Å². The molecule has 39 heavy (non-hydrogen) atoms. The highest BCUT2D eigenvalue weighted by atomic mass is 19.3. The normalized spacial score (nSPS) is 17.3. The summed E-state index contributed by atoms with van der Waals surface area (Å²) in [6.45, 7) is 7.61. The molecular weight excluding hydrogens is 509 g/mol. The van der Waals surface area contributed by atoms with Crippen molar-refractivity contribution in [1.82, 2.24) is 4.98 Å². The summed E-state index contributed by atoms with van der Waals surface area (Å²) in [5.41, 5.74) is -0.715. The van der Waals surface area contributed by atoms with E-state index < -0.39 is 35.0 Å². The van der Waals surface area contributed by atoms with E-state index >= 15 is 17.6 Å². The summed E-state index contributed by atoms with van der Waals surface area (Å²) >= 11 is 0. The van der Waals surface area contributed by atoms with Crippen molar-refractivity contribution in [1.29, 1.82) is 0 Å². The van der Waals surface area contributed by atoms with Crippen molar-refractivity contribution in [2.45, 2.75) is 110 Å². The molecule has 3 rings (SSSR count). The fraction of sp³-hybridized carbons (Fsp3) is 0.656. The Labute approximate surface area is 230 Å². The maximum absolute atomic E-state index is 15.4. The zero-order valence-corrected chi connectivity index (χ0v) is 23.7. The summed E-state index contributed by atoms with van der Waals surface area (Å²) in [5.74, 6) is -7.92.